The Morgan fingerprint density at radius 3 is 2.31 bits per heavy atom. The van der Waals surface area contributed by atoms with E-state index < -0.39 is 5.97 Å². The van der Waals surface area contributed by atoms with E-state index in [0.717, 1.165) is 38.9 Å². The third-order valence-corrected chi connectivity index (χ3v) is 5.29. The van der Waals surface area contributed by atoms with E-state index in [-0.39, 0.29) is 6.42 Å². The number of aliphatic carboxylic acids is 1. The van der Waals surface area contributed by atoms with Gasteiger partial charge in [0.15, 0.2) is 0 Å². The van der Waals surface area contributed by atoms with Crippen molar-refractivity contribution in [1.82, 2.24) is 0 Å². The fourth-order valence-electron chi connectivity index (χ4n) is 2.73. The molecule has 4 nitrogen and oxygen atoms in total. The van der Waals surface area contributed by atoms with Crippen molar-refractivity contribution in [2.75, 3.05) is 18.0 Å². The largest absolute Gasteiger partial charge is 0.487 e. The van der Waals surface area contributed by atoms with Crippen LogP contribution in [-0.2, 0) is 17.8 Å². The lowest BCUT2D eigenvalue weighted by atomic mass is 10.1. The SMILES string of the molecule is CCN(CC)c1cccc(COc2c(Br)cc(CCC(=O)O)cc2Br)c1. The minimum atomic E-state index is -0.800. The van der Waals surface area contributed by atoms with E-state index in [4.69, 9.17) is 9.84 Å². The minimum absolute atomic E-state index is 0.108. The molecule has 26 heavy (non-hydrogen) atoms. The predicted molar refractivity (Wildman–Crippen MR) is 112 cm³/mol. The van der Waals surface area contributed by atoms with Crippen molar-refractivity contribution in [2.24, 2.45) is 0 Å². The second kappa shape index (κ2) is 9.97. The second-order valence-corrected chi connectivity index (χ2v) is 7.62. The zero-order valence-corrected chi connectivity index (χ0v) is 18.1. The van der Waals surface area contributed by atoms with Crippen LogP contribution < -0.4 is 9.64 Å². The first-order valence-corrected chi connectivity index (χ1v) is 10.2. The molecule has 0 fully saturated rings. The van der Waals surface area contributed by atoms with Gasteiger partial charge >= 0.3 is 5.97 Å². The molecular weight excluding hydrogens is 462 g/mol. The predicted octanol–water partition coefficient (Wildman–Crippen LogP) is 5.65. The molecule has 140 valence electrons. The highest BCUT2D eigenvalue weighted by Gasteiger charge is 2.11. The molecule has 0 saturated heterocycles. The van der Waals surface area contributed by atoms with Crippen molar-refractivity contribution in [3.63, 3.8) is 0 Å². The normalized spacial score (nSPS) is 10.6. The van der Waals surface area contributed by atoms with Gasteiger partial charge in [-0.2, -0.15) is 0 Å². The van der Waals surface area contributed by atoms with Gasteiger partial charge in [-0.25, -0.2) is 0 Å². The molecule has 6 heteroatoms. The summed E-state index contributed by atoms with van der Waals surface area (Å²) in [5.41, 5.74) is 3.24. The van der Waals surface area contributed by atoms with Gasteiger partial charge in [-0.3, -0.25) is 4.79 Å². The lowest BCUT2D eigenvalue weighted by Gasteiger charge is -2.21. The van der Waals surface area contributed by atoms with Crippen molar-refractivity contribution < 1.29 is 14.6 Å². The number of hydrogen-bond acceptors (Lipinski definition) is 3. The van der Waals surface area contributed by atoms with Crippen LogP contribution in [0.25, 0.3) is 0 Å². The third-order valence-electron chi connectivity index (χ3n) is 4.11. The van der Waals surface area contributed by atoms with Gasteiger partial charge in [0.1, 0.15) is 12.4 Å². The smallest absolute Gasteiger partial charge is 0.303 e. The van der Waals surface area contributed by atoms with Crippen molar-refractivity contribution >= 4 is 43.5 Å². The Bertz CT molecular complexity index is 737. The van der Waals surface area contributed by atoms with Crippen LogP contribution in [0.15, 0.2) is 45.3 Å². The summed E-state index contributed by atoms with van der Waals surface area (Å²) in [5, 5.41) is 8.82. The Kier molecular flexibility index (Phi) is 7.97. The topological polar surface area (TPSA) is 49.8 Å². The van der Waals surface area contributed by atoms with Crippen molar-refractivity contribution in [3.8, 4) is 5.75 Å². The molecule has 0 amide bonds. The van der Waals surface area contributed by atoms with E-state index >= 15 is 0 Å². The van der Waals surface area contributed by atoms with Gasteiger partial charge in [0.05, 0.1) is 8.95 Å². The molecule has 0 radical (unpaired) electrons. The maximum Gasteiger partial charge on any atom is 0.303 e. The number of rotatable bonds is 9. The molecule has 1 N–H and O–H groups in total. The monoisotopic (exact) mass is 483 g/mol. The van der Waals surface area contributed by atoms with Gasteiger partial charge in [0, 0.05) is 25.2 Å². The number of carbonyl (C=O) groups is 1. The van der Waals surface area contributed by atoms with E-state index in [1.807, 2.05) is 18.2 Å². The zero-order valence-electron chi connectivity index (χ0n) is 15.0. The highest BCUT2D eigenvalue weighted by molar-refractivity contribution is 9.11. The molecule has 0 spiro atoms. The van der Waals surface area contributed by atoms with Gasteiger partial charge in [-0.05, 0) is 87.5 Å². The molecule has 0 aromatic heterocycles. The van der Waals surface area contributed by atoms with Gasteiger partial charge in [-0.15, -0.1) is 0 Å². The quantitative estimate of drug-likeness (QED) is 0.499. The number of ether oxygens (including phenoxy) is 1. The summed E-state index contributed by atoms with van der Waals surface area (Å²) in [4.78, 5) is 13.0. The van der Waals surface area contributed by atoms with E-state index in [2.05, 4.69) is 68.8 Å². The van der Waals surface area contributed by atoms with Crippen molar-refractivity contribution in [2.45, 2.75) is 33.3 Å². The van der Waals surface area contributed by atoms with E-state index in [0.29, 0.717) is 13.0 Å². The number of carboxylic acid groups (broad SMARTS) is 1. The second-order valence-electron chi connectivity index (χ2n) is 5.91. The lowest BCUT2D eigenvalue weighted by molar-refractivity contribution is -0.136. The molecule has 2 aromatic rings. The summed E-state index contributed by atoms with van der Waals surface area (Å²) in [6, 6.07) is 12.2. The van der Waals surface area contributed by atoms with Crippen LogP contribution in [-0.4, -0.2) is 24.2 Å². The van der Waals surface area contributed by atoms with Crippen LogP contribution in [0.4, 0.5) is 5.69 Å². The summed E-state index contributed by atoms with van der Waals surface area (Å²) in [6.45, 7) is 6.69. The van der Waals surface area contributed by atoms with Gasteiger partial charge in [-0.1, -0.05) is 12.1 Å². The number of aryl methyl sites for hydroxylation is 1. The van der Waals surface area contributed by atoms with Crippen LogP contribution in [0.3, 0.4) is 0 Å². The number of hydrogen-bond donors (Lipinski definition) is 1. The van der Waals surface area contributed by atoms with Crippen molar-refractivity contribution in [1.29, 1.82) is 0 Å². The summed E-state index contributed by atoms with van der Waals surface area (Å²) in [6.07, 6.45) is 0.593. The number of halogens is 2. The molecule has 0 aliphatic carbocycles. The van der Waals surface area contributed by atoms with Crippen molar-refractivity contribution in [3.05, 3.63) is 56.5 Å². The molecule has 0 unspecified atom stereocenters. The van der Waals surface area contributed by atoms with E-state index in [1.54, 1.807) is 0 Å². The Hall–Kier alpha value is -1.53. The van der Waals surface area contributed by atoms with Gasteiger partial charge < -0.3 is 14.7 Å². The van der Waals surface area contributed by atoms with Gasteiger partial charge in [0.2, 0.25) is 0 Å². The maximum absolute atomic E-state index is 10.7. The lowest BCUT2D eigenvalue weighted by Crippen LogP contribution is -2.21. The van der Waals surface area contributed by atoms with Crippen LogP contribution in [0, 0.1) is 0 Å². The third kappa shape index (κ3) is 5.74. The van der Waals surface area contributed by atoms with E-state index in [1.165, 1.54) is 5.69 Å². The standard InChI is InChI=1S/C20H23Br2NO3/c1-3-23(4-2)16-7-5-6-15(10-16)13-26-20-17(21)11-14(12-18(20)22)8-9-19(24)25/h5-7,10-12H,3-4,8-9,13H2,1-2H3,(H,24,25). The fourth-order valence-corrected chi connectivity index (χ4v) is 4.24. The summed E-state index contributed by atoms with van der Waals surface area (Å²) in [7, 11) is 0. The first kappa shape index (κ1) is 20.8. The molecule has 0 atom stereocenters. The zero-order chi connectivity index (χ0) is 19.1. The molecular formula is C20H23Br2NO3. The highest BCUT2D eigenvalue weighted by Crippen LogP contribution is 2.35. The number of nitrogens with zero attached hydrogens (tertiary/aromatic N) is 1. The van der Waals surface area contributed by atoms with Crippen LogP contribution in [0.5, 0.6) is 5.75 Å². The Morgan fingerprint density at radius 1 is 1.08 bits per heavy atom. The molecule has 0 bridgehead atoms. The summed E-state index contributed by atoms with van der Waals surface area (Å²) < 4.78 is 7.63. The summed E-state index contributed by atoms with van der Waals surface area (Å²) >= 11 is 7.06. The highest BCUT2D eigenvalue weighted by atomic mass is 79.9. The minimum Gasteiger partial charge on any atom is -0.487 e. The average Bonchev–Trinajstić information content (AvgIpc) is 2.61. The first-order chi connectivity index (χ1) is 12.4. The first-order valence-electron chi connectivity index (χ1n) is 8.61. The molecule has 0 saturated carbocycles. The Labute approximate surface area is 171 Å². The molecule has 2 aromatic carbocycles. The molecule has 2 rings (SSSR count). The van der Waals surface area contributed by atoms with Crippen LogP contribution in [0.1, 0.15) is 31.4 Å². The average molecular weight is 485 g/mol. The number of benzene rings is 2. The summed E-state index contributed by atoms with van der Waals surface area (Å²) in [5.74, 6) is -0.0806. The van der Waals surface area contributed by atoms with Gasteiger partial charge in [0.25, 0.3) is 0 Å². The maximum atomic E-state index is 10.7. The molecule has 0 heterocycles. The fraction of sp³-hybridized carbons (Fsp3) is 0.350. The van der Waals surface area contributed by atoms with Crippen LogP contribution in [0.2, 0.25) is 0 Å². The van der Waals surface area contributed by atoms with E-state index in [9.17, 15) is 4.79 Å². The molecule has 0 aliphatic heterocycles. The molecule has 0 aliphatic rings. The van der Waals surface area contributed by atoms with Crippen LogP contribution >= 0.6 is 31.9 Å². The number of anilines is 1. The Balaban J connectivity index is 2.10. The number of carboxylic acids is 1. The Morgan fingerprint density at radius 2 is 1.73 bits per heavy atom.